The first-order chi connectivity index (χ1) is 12.5. The maximum absolute atomic E-state index is 12.4. The van der Waals surface area contributed by atoms with E-state index in [1.165, 1.54) is 18.3 Å². The molecule has 0 saturated carbocycles. The average molecular weight is 374 g/mol. The highest BCUT2D eigenvalue weighted by Gasteiger charge is 2.22. The minimum Gasteiger partial charge on any atom is -0.494 e. The van der Waals surface area contributed by atoms with Gasteiger partial charge in [-0.25, -0.2) is 0 Å². The number of benzene rings is 1. The Bertz CT molecular complexity index is 831. The highest BCUT2D eigenvalue weighted by Crippen LogP contribution is 2.35. The Hall–Kier alpha value is -2.54. The van der Waals surface area contributed by atoms with E-state index >= 15 is 0 Å². The molecule has 0 radical (unpaired) electrons. The van der Waals surface area contributed by atoms with Gasteiger partial charge in [0.1, 0.15) is 17.6 Å². The van der Waals surface area contributed by atoms with Crippen molar-refractivity contribution in [3.63, 3.8) is 0 Å². The van der Waals surface area contributed by atoms with Crippen molar-refractivity contribution in [2.75, 3.05) is 11.9 Å². The van der Waals surface area contributed by atoms with Crippen LogP contribution in [0, 0.1) is 0 Å². The first kappa shape index (κ1) is 18.3. The molecule has 138 valence electrons. The van der Waals surface area contributed by atoms with Gasteiger partial charge < -0.3 is 20.1 Å². The van der Waals surface area contributed by atoms with Crippen LogP contribution in [0.5, 0.6) is 11.5 Å². The van der Waals surface area contributed by atoms with Crippen LogP contribution < -0.4 is 20.1 Å². The van der Waals surface area contributed by atoms with E-state index in [1.807, 2.05) is 26.0 Å². The van der Waals surface area contributed by atoms with Crippen molar-refractivity contribution in [1.29, 1.82) is 0 Å². The van der Waals surface area contributed by atoms with Gasteiger partial charge >= 0.3 is 0 Å². The van der Waals surface area contributed by atoms with Gasteiger partial charge in [-0.1, -0.05) is 0 Å². The smallest absolute Gasteiger partial charge is 0.261 e. The molecule has 1 atom stereocenters. The molecule has 7 heteroatoms. The van der Waals surface area contributed by atoms with Crippen LogP contribution in [0.3, 0.4) is 0 Å². The Labute approximate surface area is 156 Å². The molecule has 0 aliphatic carbocycles. The lowest BCUT2D eigenvalue weighted by Crippen LogP contribution is -2.22. The molecule has 0 spiro atoms. The molecule has 2 aromatic rings. The van der Waals surface area contributed by atoms with Crippen molar-refractivity contribution in [2.24, 2.45) is 0 Å². The fourth-order valence-electron chi connectivity index (χ4n) is 2.87. The fraction of sp³-hybridized carbons (Fsp3) is 0.368. The number of amides is 2. The first-order valence-electron chi connectivity index (χ1n) is 8.57. The first-order valence-corrected chi connectivity index (χ1v) is 9.38. The van der Waals surface area contributed by atoms with Gasteiger partial charge in [-0.15, -0.1) is 11.3 Å². The third-order valence-corrected chi connectivity index (χ3v) is 4.95. The summed E-state index contributed by atoms with van der Waals surface area (Å²) in [5.41, 5.74) is 2.01. The second kappa shape index (κ2) is 7.78. The van der Waals surface area contributed by atoms with Crippen molar-refractivity contribution < 1.29 is 19.1 Å². The average Bonchev–Trinajstić information content (AvgIpc) is 3.17. The van der Waals surface area contributed by atoms with Gasteiger partial charge in [0.25, 0.3) is 5.91 Å². The quantitative estimate of drug-likeness (QED) is 0.813. The predicted octanol–water partition coefficient (Wildman–Crippen LogP) is 3.36. The van der Waals surface area contributed by atoms with Gasteiger partial charge in [0.2, 0.25) is 5.91 Å². The summed E-state index contributed by atoms with van der Waals surface area (Å²) in [6.45, 7) is 6.30. The number of carbonyl (C=O) groups is 2. The third-order valence-electron chi connectivity index (χ3n) is 3.95. The van der Waals surface area contributed by atoms with Crippen molar-refractivity contribution >= 4 is 28.2 Å². The summed E-state index contributed by atoms with van der Waals surface area (Å²) in [7, 11) is 0. The molecule has 1 unspecified atom stereocenters. The van der Waals surface area contributed by atoms with Crippen LogP contribution in [0.1, 0.15) is 41.6 Å². The van der Waals surface area contributed by atoms with Gasteiger partial charge in [-0.05, 0) is 38.1 Å². The van der Waals surface area contributed by atoms with E-state index in [0.29, 0.717) is 23.0 Å². The standard InChI is InChI=1S/C19H22N2O4S/c1-4-24-15-8-13-7-11(2)25-16(13)9-14(15)10-20-19(23)17-5-6-18(26-17)21-12(3)22/h5-6,8-9,11H,4,7,10H2,1-3H3,(H,20,23)(H,21,22). The molecule has 1 aliphatic rings. The minimum absolute atomic E-state index is 0.155. The number of fused-ring (bicyclic) bond motifs is 1. The van der Waals surface area contributed by atoms with E-state index in [-0.39, 0.29) is 17.9 Å². The largest absolute Gasteiger partial charge is 0.494 e. The van der Waals surface area contributed by atoms with E-state index in [2.05, 4.69) is 10.6 Å². The third kappa shape index (κ3) is 4.16. The zero-order valence-electron chi connectivity index (χ0n) is 15.0. The molecule has 2 N–H and O–H groups in total. The Balaban J connectivity index is 1.70. The Morgan fingerprint density at radius 2 is 2.15 bits per heavy atom. The molecule has 26 heavy (non-hydrogen) atoms. The molecule has 1 aliphatic heterocycles. The summed E-state index contributed by atoms with van der Waals surface area (Å²) < 4.78 is 11.5. The number of thiophene rings is 1. The normalized spacial score (nSPS) is 15.1. The monoisotopic (exact) mass is 374 g/mol. The van der Waals surface area contributed by atoms with Gasteiger partial charge in [0, 0.05) is 31.0 Å². The van der Waals surface area contributed by atoms with Crippen molar-refractivity contribution in [2.45, 2.75) is 39.8 Å². The number of ether oxygens (including phenoxy) is 2. The van der Waals surface area contributed by atoms with Crippen molar-refractivity contribution in [3.05, 3.63) is 40.3 Å². The van der Waals surface area contributed by atoms with Gasteiger partial charge in [-0.3, -0.25) is 9.59 Å². The number of carbonyl (C=O) groups excluding carboxylic acids is 2. The van der Waals surface area contributed by atoms with Crippen molar-refractivity contribution in [3.8, 4) is 11.5 Å². The Kier molecular flexibility index (Phi) is 5.46. The zero-order valence-corrected chi connectivity index (χ0v) is 15.9. The molecule has 6 nitrogen and oxygen atoms in total. The van der Waals surface area contributed by atoms with Gasteiger partial charge in [-0.2, -0.15) is 0 Å². The molecule has 1 aromatic carbocycles. The molecular weight excluding hydrogens is 352 g/mol. The molecule has 2 heterocycles. The van der Waals surface area contributed by atoms with Crippen LogP contribution in [0.2, 0.25) is 0 Å². The SMILES string of the molecule is CCOc1cc2c(cc1CNC(=O)c1ccc(NC(C)=O)s1)OC(C)C2. The summed E-state index contributed by atoms with van der Waals surface area (Å²) in [6, 6.07) is 7.37. The highest BCUT2D eigenvalue weighted by atomic mass is 32.1. The van der Waals surface area contributed by atoms with Gasteiger partial charge in [0.05, 0.1) is 16.5 Å². The van der Waals surface area contributed by atoms with E-state index in [4.69, 9.17) is 9.47 Å². The number of rotatable bonds is 6. The maximum Gasteiger partial charge on any atom is 0.261 e. The summed E-state index contributed by atoms with van der Waals surface area (Å²) in [4.78, 5) is 24.0. The van der Waals surface area contributed by atoms with Crippen LogP contribution >= 0.6 is 11.3 Å². The molecule has 1 aromatic heterocycles. The Morgan fingerprint density at radius 1 is 1.35 bits per heavy atom. The lowest BCUT2D eigenvalue weighted by Gasteiger charge is -2.13. The molecular formula is C19H22N2O4S. The van der Waals surface area contributed by atoms with E-state index in [1.54, 1.807) is 12.1 Å². The fourth-order valence-corrected chi connectivity index (χ4v) is 3.74. The van der Waals surface area contributed by atoms with Crippen LogP contribution in [0.4, 0.5) is 5.00 Å². The van der Waals surface area contributed by atoms with E-state index in [0.717, 1.165) is 29.0 Å². The number of nitrogens with one attached hydrogen (secondary N) is 2. The second-order valence-electron chi connectivity index (χ2n) is 6.16. The van der Waals surface area contributed by atoms with Crippen LogP contribution in [-0.2, 0) is 17.8 Å². The Morgan fingerprint density at radius 3 is 2.88 bits per heavy atom. The predicted molar refractivity (Wildman–Crippen MR) is 101 cm³/mol. The molecule has 3 rings (SSSR count). The topological polar surface area (TPSA) is 76.7 Å². The molecule has 0 bridgehead atoms. The summed E-state index contributed by atoms with van der Waals surface area (Å²) in [5.74, 6) is 1.28. The van der Waals surface area contributed by atoms with Crippen LogP contribution in [-0.4, -0.2) is 24.5 Å². The maximum atomic E-state index is 12.4. The molecule has 0 saturated heterocycles. The van der Waals surface area contributed by atoms with E-state index in [9.17, 15) is 9.59 Å². The number of hydrogen-bond donors (Lipinski definition) is 2. The highest BCUT2D eigenvalue weighted by molar-refractivity contribution is 7.18. The lowest BCUT2D eigenvalue weighted by molar-refractivity contribution is -0.114. The number of hydrogen-bond acceptors (Lipinski definition) is 5. The van der Waals surface area contributed by atoms with Crippen LogP contribution in [0.15, 0.2) is 24.3 Å². The minimum atomic E-state index is -0.191. The second-order valence-corrected chi connectivity index (χ2v) is 7.24. The summed E-state index contributed by atoms with van der Waals surface area (Å²) in [6.07, 6.45) is 1.02. The lowest BCUT2D eigenvalue weighted by atomic mass is 10.1. The zero-order chi connectivity index (χ0) is 18.7. The van der Waals surface area contributed by atoms with Crippen molar-refractivity contribution in [1.82, 2.24) is 5.32 Å². The van der Waals surface area contributed by atoms with Crippen LogP contribution in [0.25, 0.3) is 0 Å². The van der Waals surface area contributed by atoms with E-state index < -0.39 is 0 Å². The summed E-state index contributed by atoms with van der Waals surface area (Å²) >= 11 is 1.24. The summed E-state index contributed by atoms with van der Waals surface area (Å²) in [5, 5.41) is 6.23. The number of anilines is 1. The van der Waals surface area contributed by atoms with Gasteiger partial charge in [0.15, 0.2) is 0 Å². The molecule has 0 fully saturated rings. The molecule has 2 amide bonds.